The highest BCUT2D eigenvalue weighted by Crippen LogP contribution is 2.58. The number of hydroxylamine groups is 1. The summed E-state index contributed by atoms with van der Waals surface area (Å²) < 4.78 is 15.1. The molecular weight excluding hydrogens is 391 g/mol. The van der Waals surface area contributed by atoms with Crippen molar-refractivity contribution < 1.29 is 14.4 Å². The topological polar surface area (TPSA) is 52.6 Å². The number of rotatable bonds is 5. The third-order valence-electron chi connectivity index (χ3n) is 9.17. The Morgan fingerprint density at radius 2 is 1.87 bits per heavy atom. The molecule has 1 amide bonds. The number of carbonyl (C=O) groups is 1. The molecule has 1 heterocycles. The van der Waals surface area contributed by atoms with E-state index in [0.717, 1.165) is 54.7 Å². The average Bonchev–Trinajstić information content (AvgIpc) is 2.73. The van der Waals surface area contributed by atoms with Gasteiger partial charge in [-0.05, 0) is 92.2 Å². The molecule has 1 aliphatic heterocycles. The van der Waals surface area contributed by atoms with Crippen molar-refractivity contribution in [1.82, 2.24) is 10.4 Å². The zero-order chi connectivity index (χ0) is 22.4. The van der Waals surface area contributed by atoms with Crippen LogP contribution in [0.4, 0.5) is 4.39 Å². The van der Waals surface area contributed by atoms with Gasteiger partial charge in [-0.25, -0.2) is 9.87 Å². The number of hydrogen-bond donors (Lipinski definition) is 2. The van der Waals surface area contributed by atoms with Crippen LogP contribution in [0.2, 0.25) is 0 Å². The number of nitrogens with one attached hydrogen (secondary N) is 1. The molecule has 4 rings (SSSR count). The van der Waals surface area contributed by atoms with E-state index in [0.29, 0.717) is 6.54 Å². The highest BCUT2D eigenvalue weighted by Gasteiger charge is 2.54. The molecule has 2 bridgehead atoms. The first-order valence-electron chi connectivity index (χ1n) is 12.3. The van der Waals surface area contributed by atoms with Crippen LogP contribution < -0.4 is 5.48 Å². The minimum Gasteiger partial charge on any atom is -0.292 e. The maximum atomic E-state index is 15.1. The second-order valence-electron chi connectivity index (χ2n) is 11.0. The van der Waals surface area contributed by atoms with Gasteiger partial charge in [0.15, 0.2) is 0 Å². The van der Waals surface area contributed by atoms with Crippen LogP contribution in [-0.2, 0) is 13.0 Å². The van der Waals surface area contributed by atoms with E-state index in [2.05, 4.69) is 32.6 Å². The molecular formula is C26H39FN2O2. The zero-order valence-corrected chi connectivity index (χ0v) is 19.6. The van der Waals surface area contributed by atoms with E-state index in [9.17, 15) is 4.79 Å². The molecule has 0 aromatic heterocycles. The molecule has 172 valence electrons. The Labute approximate surface area is 186 Å². The van der Waals surface area contributed by atoms with Crippen LogP contribution in [0.5, 0.6) is 0 Å². The number of benzene rings is 1. The Hall–Kier alpha value is -1.46. The Morgan fingerprint density at radius 1 is 1.23 bits per heavy atom. The van der Waals surface area contributed by atoms with E-state index in [1.807, 2.05) is 0 Å². The first-order valence-corrected chi connectivity index (χ1v) is 12.3. The van der Waals surface area contributed by atoms with Crippen LogP contribution in [0.1, 0.15) is 94.1 Å². The smallest absolute Gasteiger partial charge is 0.274 e. The van der Waals surface area contributed by atoms with E-state index >= 15 is 4.39 Å². The summed E-state index contributed by atoms with van der Waals surface area (Å²) in [5.41, 5.74) is 3.74. The average molecular weight is 431 g/mol. The van der Waals surface area contributed by atoms with Crippen molar-refractivity contribution >= 4 is 5.91 Å². The van der Waals surface area contributed by atoms with E-state index in [1.165, 1.54) is 38.2 Å². The normalized spacial score (nSPS) is 31.2. The molecule has 1 aromatic rings. The lowest BCUT2D eigenvalue weighted by Crippen LogP contribution is -2.62. The molecule has 0 saturated heterocycles. The van der Waals surface area contributed by atoms with Gasteiger partial charge in [0.25, 0.3) is 5.91 Å². The zero-order valence-electron chi connectivity index (χ0n) is 19.6. The molecule has 2 fully saturated rings. The number of fused-ring (bicyclic) bond motifs is 3. The summed E-state index contributed by atoms with van der Waals surface area (Å²) in [5.74, 6) is 1.53. The molecule has 2 unspecified atom stereocenters. The summed E-state index contributed by atoms with van der Waals surface area (Å²) in [6.45, 7) is 11.1. The molecule has 2 saturated carbocycles. The fourth-order valence-corrected chi connectivity index (χ4v) is 8.08. The predicted octanol–water partition coefficient (Wildman–Crippen LogP) is 5.71. The predicted molar refractivity (Wildman–Crippen MR) is 120 cm³/mol. The Kier molecular flexibility index (Phi) is 6.21. The lowest BCUT2D eigenvalue weighted by atomic mass is 9.52. The summed E-state index contributed by atoms with van der Waals surface area (Å²) in [6, 6.07) is 3.01. The van der Waals surface area contributed by atoms with E-state index < -0.39 is 5.91 Å². The number of amides is 1. The second kappa shape index (κ2) is 8.47. The summed E-state index contributed by atoms with van der Waals surface area (Å²) >= 11 is 0. The summed E-state index contributed by atoms with van der Waals surface area (Å²) in [7, 11) is 0. The van der Waals surface area contributed by atoms with Gasteiger partial charge in [0, 0.05) is 29.8 Å². The number of halogens is 1. The SMILES string of the molecule is CCC(CC)(N1CCc2cc(C(=O)NO)cc(F)c2C1)C1(C)CC2CC(C)CC(C2)C1. The van der Waals surface area contributed by atoms with Crippen molar-refractivity contribution in [3.63, 3.8) is 0 Å². The molecule has 3 aliphatic rings. The van der Waals surface area contributed by atoms with Gasteiger partial charge in [0.2, 0.25) is 0 Å². The third-order valence-corrected chi connectivity index (χ3v) is 9.17. The number of nitrogens with zero attached hydrogens (tertiary/aromatic N) is 1. The van der Waals surface area contributed by atoms with Crippen molar-refractivity contribution in [3.8, 4) is 0 Å². The summed E-state index contributed by atoms with van der Waals surface area (Å²) in [6.07, 6.45) is 9.60. The van der Waals surface area contributed by atoms with E-state index in [1.54, 1.807) is 11.5 Å². The second-order valence-corrected chi connectivity index (χ2v) is 11.0. The van der Waals surface area contributed by atoms with Crippen LogP contribution in [0.15, 0.2) is 12.1 Å². The quantitative estimate of drug-likeness (QED) is 0.464. The molecule has 5 heteroatoms. The highest BCUT2D eigenvalue weighted by atomic mass is 19.1. The standard InChI is InChI=1S/C26H39FN2O2/c1-5-26(6-2,25(4)14-18-9-17(3)10-19(11-18)15-25)29-8-7-20-12-21(24(30)28-31)13-23(27)22(20)16-29/h12-13,17-19,31H,5-11,14-16H2,1-4H3,(H,28,30). The van der Waals surface area contributed by atoms with Crippen LogP contribution in [0, 0.1) is 29.0 Å². The van der Waals surface area contributed by atoms with Crippen molar-refractivity contribution in [3.05, 3.63) is 34.6 Å². The van der Waals surface area contributed by atoms with Gasteiger partial charge in [-0.1, -0.05) is 27.7 Å². The monoisotopic (exact) mass is 430 g/mol. The van der Waals surface area contributed by atoms with Crippen LogP contribution in [0.25, 0.3) is 0 Å². The molecule has 0 spiro atoms. The molecule has 1 aromatic carbocycles. The molecule has 2 aliphatic carbocycles. The Morgan fingerprint density at radius 3 is 2.45 bits per heavy atom. The maximum Gasteiger partial charge on any atom is 0.274 e. The minimum absolute atomic E-state index is 0.0653. The fraction of sp³-hybridized carbons (Fsp3) is 0.731. The fourth-order valence-electron chi connectivity index (χ4n) is 8.08. The van der Waals surface area contributed by atoms with Crippen molar-refractivity contribution in [2.24, 2.45) is 23.2 Å². The van der Waals surface area contributed by atoms with Crippen LogP contribution in [-0.4, -0.2) is 28.1 Å². The minimum atomic E-state index is -0.656. The van der Waals surface area contributed by atoms with Gasteiger partial charge in [0.05, 0.1) is 0 Å². The Bertz CT molecular complexity index is 817. The lowest BCUT2D eigenvalue weighted by molar-refractivity contribution is -0.0987. The number of carbonyl (C=O) groups excluding carboxylic acids is 1. The van der Waals surface area contributed by atoms with Crippen molar-refractivity contribution in [2.75, 3.05) is 6.54 Å². The van der Waals surface area contributed by atoms with Gasteiger partial charge in [0.1, 0.15) is 5.82 Å². The Balaban J connectivity index is 1.65. The molecule has 2 atom stereocenters. The largest absolute Gasteiger partial charge is 0.292 e. The van der Waals surface area contributed by atoms with Gasteiger partial charge < -0.3 is 0 Å². The van der Waals surface area contributed by atoms with Gasteiger partial charge >= 0.3 is 0 Å². The first-order chi connectivity index (χ1) is 14.7. The van der Waals surface area contributed by atoms with Gasteiger partial charge in [-0.2, -0.15) is 0 Å². The molecule has 31 heavy (non-hydrogen) atoms. The lowest BCUT2D eigenvalue weighted by Gasteiger charge is -2.61. The van der Waals surface area contributed by atoms with Crippen LogP contribution >= 0.6 is 0 Å². The highest BCUT2D eigenvalue weighted by molar-refractivity contribution is 5.93. The van der Waals surface area contributed by atoms with Crippen molar-refractivity contribution in [2.45, 2.75) is 91.1 Å². The van der Waals surface area contributed by atoms with Crippen LogP contribution in [0.3, 0.4) is 0 Å². The number of hydrogen-bond acceptors (Lipinski definition) is 3. The molecule has 2 N–H and O–H groups in total. The summed E-state index contributed by atoms with van der Waals surface area (Å²) in [5, 5.41) is 8.92. The molecule has 4 nitrogen and oxygen atoms in total. The van der Waals surface area contributed by atoms with E-state index in [4.69, 9.17) is 5.21 Å². The maximum absolute atomic E-state index is 15.1. The third kappa shape index (κ3) is 3.82. The first kappa shape index (κ1) is 22.7. The van der Waals surface area contributed by atoms with Gasteiger partial charge in [-0.3, -0.25) is 14.9 Å². The summed E-state index contributed by atoms with van der Waals surface area (Å²) in [4.78, 5) is 14.4. The van der Waals surface area contributed by atoms with Crippen molar-refractivity contribution in [1.29, 1.82) is 0 Å². The van der Waals surface area contributed by atoms with E-state index in [-0.39, 0.29) is 22.3 Å². The van der Waals surface area contributed by atoms with Gasteiger partial charge in [-0.15, -0.1) is 0 Å². The molecule has 0 radical (unpaired) electrons.